The maximum atomic E-state index is 13.9. The van der Waals surface area contributed by atoms with E-state index in [9.17, 15) is 8.78 Å². The van der Waals surface area contributed by atoms with Gasteiger partial charge >= 0.3 is 0 Å². The Hall–Kier alpha value is -1.75. The predicted octanol–water partition coefficient (Wildman–Crippen LogP) is 3.21. The maximum Gasteiger partial charge on any atom is 0.163 e. The van der Waals surface area contributed by atoms with Gasteiger partial charge in [0.05, 0.1) is 5.69 Å². The first-order valence-electron chi connectivity index (χ1n) is 7.06. The smallest absolute Gasteiger partial charge is 0.163 e. The van der Waals surface area contributed by atoms with Crippen LogP contribution in [0.15, 0.2) is 18.2 Å². The van der Waals surface area contributed by atoms with E-state index in [0.717, 1.165) is 23.9 Å². The van der Waals surface area contributed by atoms with E-state index < -0.39 is 11.6 Å². The standard InChI is InChI=1S/C16H21F2N3/c1-10-12(11(2)21(4)20-10)8-9-15(19-3)13-6-5-7-14(17)16(13)18/h5-7,15,19H,8-9H2,1-4H3. The molecule has 1 heterocycles. The van der Waals surface area contributed by atoms with Crippen LogP contribution < -0.4 is 5.32 Å². The van der Waals surface area contributed by atoms with Crippen molar-refractivity contribution < 1.29 is 8.78 Å². The average molecular weight is 293 g/mol. The molecule has 21 heavy (non-hydrogen) atoms. The Kier molecular flexibility index (Phi) is 4.73. The molecule has 0 spiro atoms. The lowest BCUT2D eigenvalue weighted by Crippen LogP contribution is -2.19. The van der Waals surface area contributed by atoms with E-state index in [1.807, 2.05) is 25.6 Å². The van der Waals surface area contributed by atoms with Crippen molar-refractivity contribution in [1.29, 1.82) is 0 Å². The highest BCUT2D eigenvalue weighted by molar-refractivity contribution is 5.26. The fourth-order valence-electron chi connectivity index (χ4n) is 2.71. The topological polar surface area (TPSA) is 29.9 Å². The largest absolute Gasteiger partial charge is 0.313 e. The van der Waals surface area contributed by atoms with E-state index in [1.54, 1.807) is 19.2 Å². The Morgan fingerprint density at radius 3 is 2.57 bits per heavy atom. The van der Waals surface area contributed by atoms with Crippen molar-refractivity contribution in [2.24, 2.45) is 7.05 Å². The number of aromatic nitrogens is 2. The Labute approximate surface area is 124 Å². The van der Waals surface area contributed by atoms with Crippen LogP contribution in [0, 0.1) is 25.5 Å². The van der Waals surface area contributed by atoms with Crippen LogP contribution in [0.4, 0.5) is 8.78 Å². The summed E-state index contributed by atoms with van der Waals surface area (Å²) in [6.07, 6.45) is 1.46. The van der Waals surface area contributed by atoms with Crippen molar-refractivity contribution in [3.05, 3.63) is 52.3 Å². The van der Waals surface area contributed by atoms with E-state index in [4.69, 9.17) is 0 Å². The minimum Gasteiger partial charge on any atom is -0.313 e. The first-order valence-corrected chi connectivity index (χ1v) is 7.06. The molecule has 0 aliphatic heterocycles. The molecule has 114 valence electrons. The molecular formula is C16H21F2N3. The van der Waals surface area contributed by atoms with Crippen LogP contribution in [0.25, 0.3) is 0 Å². The van der Waals surface area contributed by atoms with Gasteiger partial charge in [-0.25, -0.2) is 8.78 Å². The molecule has 5 heteroatoms. The van der Waals surface area contributed by atoms with Crippen molar-refractivity contribution in [3.8, 4) is 0 Å². The second-order valence-corrected chi connectivity index (χ2v) is 5.30. The molecule has 2 aromatic rings. The monoisotopic (exact) mass is 293 g/mol. The molecule has 0 fully saturated rings. The molecule has 1 atom stereocenters. The van der Waals surface area contributed by atoms with Crippen LogP contribution in [0.3, 0.4) is 0 Å². The van der Waals surface area contributed by atoms with Crippen molar-refractivity contribution in [2.75, 3.05) is 7.05 Å². The minimum atomic E-state index is -0.804. The second kappa shape index (κ2) is 6.35. The Morgan fingerprint density at radius 1 is 1.29 bits per heavy atom. The number of aryl methyl sites for hydroxylation is 2. The van der Waals surface area contributed by atoms with Gasteiger partial charge in [0.1, 0.15) is 0 Å². The third-order valence-corrected chi connectivity index (χ3v) is 4.05. The fraction of sp³-hybridized carbons (Fsp3) is 0.438. The van der Waals surface area contributed by atoms with Gasteiger partial charge in [-0.15, -0.1) is 0 Å². The highest BCUT2D eigenvalue weighted by Gasteiger charge is 2.18. The Morgan fingerprint density at radius 2 is 2.00 bits per heavy atom. The highest BCUT2D eigenvalue weighted by atomic mass is 19.2. The Balaban J connectivity index is 2.18. The molecule has 1 unspecified atom stereocenters. The van der Waals surface area contributed by atoms with Gasteiger partial charge in [-0.1, -0.05) is 12.1 Å². The highest BCUT2D eigenvalue weighted by Crippen LogP contribution is 2.25. The van der Waals surface area contributed by atoms with Gasteiger partial charge in [0.2, 0.25) is 0 Å². The molecule has 0 saturated carbocycles. The van der Waals surface area contributed by atoms with Gasteiger partial charge in [-0.05, 0) is 45.4 Å². The van der Waals surface area contributed by atoms with Crippen molar-refractivity contribution >= 4 is 0 Å². The summed E-state index contributed by atoms with van der Waals surface area (Å²) in [7, 11) is 3.67. The predicted molar refractivity (Wildman–Crippen MR) is 79.2 cm³/mol. The molecular weight excluding hydrogens is 272 g/mol. The molecule has 0 aliphatic rings. The summed E-state index contributed by atoms with van der Waals surface area (Å²) in [5.41, 5.74) is 3.65. The molecule has 1 N–H and O–H groups in total. The lowest BCUT2D eigenvalue weighted by Gasteiger charge is -2.17. The zero-order valence-corrected chi connectivity index (χ0v) is 12.9. The third kappa shape index (κ3) is 3.13. The molecule has 2 rings (SSSR count). The normalized spacial score (nSPS) is 12.7. The number of halogens is 2. The van der Waals surface area contributed by atoms with Gasteiger partial charge in [-0.2, -0.15) is 5.10 Å². The van der Waals surface area contributed by atoms with Crippen LogP contribution >= 0.6 is 0 Å². The number of nitrogens with zero attached hydrogens (tertiary/aromatic N) is 2. The lowest BCUT2D eigenvalue weighted by atomic mass is 9.97. The van der Waals surface area contributed by atoms with Crippen LogP contribution in [-0.4, -0.2) is 16.8 Å². The van der Waals surface area contributed by atoms with Crippen LogP contribution in [-0.2, 0) is 13.5 Å². The molecule has 0 amide bonds. The van der Waals surface area contributed by atoms with Crippen molar-refractivity contribution in [3.63, 3.8) is 0 Å². The summed E-state index contributed by atoms with van der Waals surface area (Å²) in [5.74, 6) is -1.57. The zero-order valence-electron chi connectivity index (χ0n) is 12.9. The summed E-state index contributed by atoms with van der Waals surface area (Å²) in [5, 5.41) is 7.45. The summed E-state index contributed by atoms with van der Waals surface area (Å²) >= 11 is 0. The molecule has 3 nitrogen and oxygen atoms in total. The molecule has 1 aromatic heterocycles. The maximum absolute atomic E-state index is 13.9. The van der Waals surface area contributed by atoms with Crippen LogP contribution in [0.1, 0.15) is 35.0 Å². The summed E-state index contributed by atoms with van der Waals surface area (Å²) in [6.45, 7) is 3.99. The van der Waals surface area contributed by atoms with Gasteiger partial charge in [-0.3, -0.25) is 4.68 Å². The number of hydrogen-bond acceptors (Lipinski definition) is 2. The van der Waals surface area contributed by atoms with Gasteiger partial charge in [0.25, 0.3) is 0 Å². The SMILES string of the molecule is CNC(CCc1c(C)nn(C)c1C)c1cccc(F)c1F. The molecule has 0 aliphatic carbocycles. The molecule has 0 saturated heterocycles. The number of rotatable bonds is 5. The zero-order chi connectivity index (χ0) is 15.6. The number of benzene rings is 1. The van der Waals surface area contributed by atoms with Crippen molar-refractivity contribution in [1.82, 2.24) is 15.1 Å². The lowest BCUT2D eigenvalue weighted by molar-refractivity contribution is 0.463. The first-order chi connectivity index (χ1) is 9.95. The van der Waals surface area contributed by atoms with E-state index in [0.29, 0.717) is 12.0 Å². The quantitative estimate of drug-likeness (QED) is 0.917. The minimum absolute atomic E-state index is 0.222. The van der Waals surface area contributed by atoms with E-state index in [2.05, 4.69) is 10.4 Å². The molecule has 0 bridgehead atoms. The number of nitrogens with one attached hydrogen (secondary N) is 1. The van der Waals surface area contributed by atoms with E-state index in [1.165, 1.54) is 5.56 Å². The van der Waals surface area contributed by atoms with E-state index in [-0.39, 0.29) is 6.04 Å². The van der Waals surface area contributed by atoms with Gasteiger partial charge < -0.3 is 5.32 Å². The summed E-state index contributed by atoms with van der Waals surface area (Å²) < 4.78 is 29.1. The second-order valence-electron chi connectivity index (χ2n) is 5.30. The summed E-state index contributed by atoms with van der Waals surface area (Å²) in [4.78, 5) is 0. The third-order valence-electron chi connectivity index (χ3n) is 4.05. The van der Waals surface area contributed by atoms with Crippen LogP contribution in [0.2, 0.25) is 0 Å². The molecule has 0 radical (unpaired) electrons. The van der Waals surface area contributed by atoms with Crippen LogP contribution in [0.5, 0.6) is 0 Å². The van der Waals surface area contributed by atoms with Gasteiger partial charge in [0, 0.05) is 24.3 Å². The first kappa shape index (κ1) is 15.6. The van der Waals surface area contributed by atoms with Gasteiger partial charge in [0.15, 0.2) is 11.6 Å². The van der Waals surface area contributed by atoms with Crippen molar-refractivity contribution in [2.45, 2.75) is 32.7 Å². The fourth-order valence-corrected chi connectivity index (χ4v) is 2.71. The average Bonchev–Trinajstić information content (AvgIpc) is 2.69. The van der Waals surface area contributed by atoms with E-state index >= 15 is 0 Å². The Bertz CT molecular complexity index is 635. The summed E-state index contributed by atoms with van der Waals surface area (Å²) in [6, 6.07) is 4.09. The molecule has 1 aromatic carbocycles. The number of hydrogen-bond donors (Lipinski definition) is 1.